The van der Waals surface area contributed by atoms with E-state index in [1.165, 1.54) is 0 Å². The molecule has 1 aromatic heterocycles. The van der Waals surface area contributed by atoms with E-state index >= 15 is 0 Å². The molecule has 4 heteroatoms. The van der Waals surface area contributed by atoms with Crippen molar-refractivity contribution in [2.75, 3.05) is 19.5 Å². The Morgan fingerprint density at radius 3 is 2.19 bits per heavy atom. The van der Waals surface area contributed by atoms with Crippen LogP contribution in [0, 0.1) is 11.8 Å². The Labute approximate surface area is 160 Å². The number of fused-ring (bicyclic) bond motifs is 1. The Morgan fingerprint density at radius 1 is 0.889 bits per heavy atom. The second kappa shape index (κ2) is 7.59. The number of hydrogen-bond donors (Lipinski definition) is 1. The lowest BCUT2D eigenvalue weighted by Crippen LogP contribution is -2.27. The number of rotatable bonds is 3. The van der Waals surface area contributed by atoms with Crippen LogP contribution < -0.4 is 14.8 Å². The number of methoxy groups -OCH3 is 2. The van der Waals surface area contributed by atoms with Gasteiger partial charge in [-0.05, 0) is 45.0 Å². The van der Waals surface area contributed by atoms with Crippen molar-refractivity contribution >= 4 is 16.7 Å². The third-order valence-corrected chi connectivity index (χ3v) is 3.93. The van der Waals surface area contributed by atoms with Gasteiger partial charge in [0.05, 0.1) is 25.3 Å². The molecule has 0 saturated heterocycles. The fourth-order valence-corrected chi connectivity index (χ4v) is 2.71. The van der Waals surface area contributed by atoms with Crippen LogP contribution in [0.2, 0.25) is 0 Å². The van der Waals surface area contributed by atoms with E-state index in [2.05, 4.69) is 37.9 Å². The third kappa shape index (κ3) is 4.51. The highest BCUT2D eigenvalue weighted by Crippen LogP contribution is 2.33. The standard InChI is InChI=1S/C23H24N2O2/c1-23(2,3)25-22-17(12-11-16-9-7-6-8-10-16)13-18-14-20(26-4)21(27-5)15-19(18)24-22/h6-10,13-15H,1-5H3,(H,24,25). The minimum Gasteiger partial charge on any atom is -0.493 e. The van der Waals surface area contributed by atoms with Gasteiger partial charge in [-0.2, -0.15) is 0 Å². The summed E-state index contributed by atoms with van der Waals surface area (Å²) in [7, 11) is 3.25. The largest absolute Gasteiger partial charge is 0.493 e. The second-order valence-corrected chi connectivity index (χ2v) is 7.28. The van der Waals surface area contributed by atoms with Gasteiger partial charge in [-0.25, -0.2) is 4.98 Å². The fraction of sp³-hybridized carbons (Fsp3) is 0.261. The summed E-state index contributed by atoms with van der Waals surface area (Å²) in [5.41, 5.74) is 2.49. The highest BCUT2D eigenvalue weighted by molar-refractivity contribution is 5.86. The summed E-state index contributed by atoms with van der Waals surface area (Å²) in [4.78, 5) is 4.81. The number of pyridine rings is 1. The van der Waals surface area contributed by atoms with Gasteiger partial charge in [0.25, 0.3) is 0 Å². The van der Waals surface area contributed by atoms with Crippen LogP contribution in [-0.4, -0.2) is 24.7 Å². The minimum absolute atomic E-state index is 0.138. The minimum atomic E-state index is -0.138. The predicted molar refractivity (Wildman–Crippen MR) is 111 cm³/mol. The summed E-state index contributed by atoms with van der Waals surface area (Å²) in [6.07, 6.45) is 0. The monoisotopic (exact) mass is 360 g/mol. The summed E-state index contributed by atoms with van der Waals surface area (Å²) in [5, 5.41) is 4.41. The van der Waals surface area contributed by atoms with Gasteiger partial charge < -0.3 is 14.8 Å². The molecular formula is C23H24N2O2. The Balaban J connectivity index is 2.16. The van der Waals surface area contributed by atoms with Crippen molar-refractivity contribution in [3.63, 3.8) is 0 Å². The second-order valence-electron chi connectivity index (χ2n) is 7.28. The number of anilines is 1. The fourth-order valence-electron chi connectivity index (χ4n) is 2.71. The molecule has 0 radical (unpaired) electrons. The Kier molecular flexibility index (Phi) is 5.23. The molecule has 0 bridgehead atoms. The molecule has 0 unspecified atom stereocenters. The number of aromatic nitrogens is 1. The van der Waals surface area contributed by atoms with Gasteiger partial charge in [-0.1, -0.05) is 30.0 Å². The third-order valence-electron chi connectivity index (χ3n) is 3.93. The first kappa shape index (κ1) is 18.6. The van der Waals surface area contributed by atoms with Gasteiger partial charge in [-0.3, -0.25) is 0 Å². The molecule has 4 nitrogen and oxygen atoms in total. The molecular weight excluding hydrogens is 336 g/mol. The maximum absolute atomic E-state index is 5.42. The Morgan fingerprint density at radius 2 is 1.56 bits per heavy atom. The van der Waals surface area contributed by atoms with Crippen LogP contribution in [0.5, 0.6) is 11.5 Å². The van der Waals surface area contributed by atoms with Crippen molar-refractivity contribution in [3.05, 3.63) is 59.7 Å². The molecule has 1 N–H and O–H groups in total. The van der Waals surface area contributed by atoms with E-state index < -0.39 is 0 Å². The molecule has 138 valence electrons. The SMILES string of the molecule is COc1cc2cc(C#Cc3ccccc3)c(NC(C)(C)C)nc2cc1OC. The van der Waals surface area contributed by atoms with E-state index in [1.54, 1.807) is 14.2 Å². The average molecular weight is 360 g/mol. The molecule has 0 spiro atoms. The van der Waals surface area contributed by atoms with Gasteiger partial charge in [0.2, 0.25) is 0 Å². The van der Waals surface area contributed by atoms with Crippen molar-refractivity contribution in [2.24, 2.45) is 0 Å². The van der Waals surface area contributed by atoms with Crippen molar-refractivity contribution in [1.29, 1.82) is 0 Å². The lowest BCUT2D eigenvalue weighted by Gasteiger charge is -2.22. The number of ether oxygens (including phenoxy) is 2. The zero-order valence-corrected chi connectivity index (χ0v) is 16.4. The lowest BCUT2D eigenvalue weighted by atomic mass is 10.1. The van der Waals surface area contributed by atoms with E-state index in [9.17, 15) is 0 Å². The van der Waals surface area contributed by atoms with E-state index in [0.717, 1.165) is 27.8 Å². The van der Waals surface area contributed by atoms with Crippen LogP contribution >= 0.6 is 0 Å². The van der Waals surface area contributed by atoms with Crippen molar-refractivity contribution in [3.8, 4) is 23.3 Å². The Hall–Kier alpha value is -3.19. The molecule has 0 amide bonds. The smallest absolute Gasteiger partial charge is 0.162 e. The average Bonchev–Trinajstić information content (AvgIpc) is 2.64. The molecule has 2 aromatic carbocycles. The highest BCUT2D eigenvalue weighted by atomic mass is 16.5. The molecule has 3 rings (SSSR count). The number of nitrogens with one attached hydrogen (secondary N) is 1. The molecule has 3 aromatic rings. The molecule has 0 aliphatic rings. The quantitative estimate of drug-likeness (QED) is 0.677. The zero-order chi connectivity index (χ0) is 19.4. The summed E-state index contributed by atoms with van der Waals surface area (Å²) in [5.74, 6) is 8.56. The first-order valence-corrected chi connectivity index (χ1v) is 8.81. The summed E-state index contributed by atoms with van der Waals surface area (Å²) >= 11 is 0. The van der Waals surface area contributed by atoms with Gasteiger partial charge in [-0.15, -0.1) is 0 Å². The van der Waals surface area contributed by atoms with Crippen LogP contribution in [0.25, 0.3) is 10.9 Å². The van der Waals surface area contributed by atoms with Crippen LogP contribution in [0.4, 0.5) is 5.82 Å². The van der Waals surface area contributed by atoms with Crippen molar-refractivity contribution in [1.82, 2.24) is 4.98 Å². The van der Waals surface area contributed by atoms with Crippen LogP contribution in [0.3, 0.4) is 0 Å². The maximum atomic E-state index is 5.42. The number of benzene rings is 2. The van der Waals surface area contributed by atoms with E-state index in [4.69, 9.17) is 14.5 Å². The molecule has 0 aliphatic heterocycles. The number of nitrogens with zero attached hydrogens (tertiary/aromatic N) is 1. The highest BCUT2D eigenvalue weighted by Gasteiger charge is 2.15. The molecule has 1 heterocycles. The summed E-state index contributed by atoms with van der Waals surface area (Å²) in [6, 6.07) is 15.8. The van der Waals surface area contributed by atoms with Crippen molar-refractivity contribution in [2.45, 2.75) is 26.3 Å². The van der Waals surface area contributed by atoms with Gasteiger partial charge in [0, 0.05) is 22.6 Å². The zero-order valence-electron chi connectivity index (χ0n) is 16.4. The van der Waals surface area contributed by atoms with Gasteiger partial charge in [0.15, 0.2) is 11.5 Å². The Bertz CT molecular complexity index is 1010. The normalized spacial score (nSPS) is 10.9. The summed E-state index contributed by atoms with van der Waals surface area (Å²) < 4.78 is 10.8. The molecule has 0 saturated carbocycles. The molecule has 0 aliphatic carbocycles. The molecule has 0 fully saturated rings. The summed E-state index contributed by atoms with van der Waals surface area (Å²) in [6.45, 7) is 6.30. The first-order valence-electron chi connectivity index (χ1n) is 8.81. The van der Waals surface area contributed by atoms with Gasteiger partial charge >= 0.3 is 0 Å². The topological polar surface area (TPSA) is 43.4 Å². The van der Waals surface area contributed by atoms with Crippen molar-refractivity contribution < 1.29 is 9.47 Å². The van der Waals surface area contributed by atoms with Crippen LogP contribution in [0.1, 0.15) is 31.9 Å². The first-order chi connectivity index (χ1) is 12.9. The molecule has 0 atom stereocenters. The molecule has 27 heavy (non-hydrogen) atoms. The maximum Gasteiger partial charge on any atom is 0.162 e. The van der Waals surface area contributed by atoms with E-state index in [-0.39, 0.29) is 5.54 Å². The predicted octanol–water partition coefficient (Wildman–Crippen LogP) is 4.86. The van der Waals surface area contributed by atoms with Crippen LogP contribution in [-0.2, 0) is 0 Å². The van der Waals surface area contributed by atoms with Crippen LogP contribution in [0.15, 0.2) is 48.5 Å². The van der Waals surface area contributed by atoms with E-state index in [1.807, 2.05) is 48.5 Å². The van der Waals surface area contributed by atoms with Gasteiger partial charge in [0.1, 0.15) is 5.82 Å². The lowest BCUT2D eigenvalue weighted by molar-refractivity contribution is 0.356. The number of hydrogen-bond acceptors (Lipinski definition) is 4. The van der Waals surface area contributed by atoms with E-state index in [0.29, 0.717) is 11.5 Å².